The van der Waals surface area contributed by atoms with Gasteiger partial charge in [-0.15, -0.1) is 0 Å². The van der Waals surface area contributed by atoms with Gasteiger partial charge in [0.2, 0.25) is 0 Å². The van der Waals surface area contributed by atoms with Crippen molar-refractivity contribution in [1.82, 2.24) is 10.2 Å². The predicted octanol–water partition coefficient (Wildman–Crippen LogP) is 1.31. The van der Waals surface area contributed by atoms with Gasteiger partial charge in [0.05, 0.1) is 12.8 Å². The summed E-state index contributed by atoms with van der Waals surface area (Å²) in [6.07, 6.45) is 0.940. The van der Waals surface area contributed by atoms with Crippen LogP contribution in [0.3, 0.4) is 0 Å². The highest BCUT2D eigenvalue weighted by atomic mass is 32.2. The Labute approximate surface area is 120 Å². The van der Waals surface area contributed by atoms with E-state index in [1.165, 1.54) is 12.1 Å². The molecule has 2 aromatic rings. The monoisotopic (exact) mass is 311 g/mol. The van der Waals surface area contributed by atoms with Crippen LogP contribution in [0, 0.1) is 0 Å². The van der Waals surface area contributed by atoms with Crippen LogP contribution >= 0.6 is 0 Å². The average Bonchev–Trinajstić information content (AvgIpc) is 2.91. The number of nitrogens with one attached hydrogen (secondary N) is 2. The van der Waals surface area contributed by atoms with Crippen molar-refractivity contribution in [2.75, 3.05) is 11.3 Å². The van der Waals surface area contributed by atoms with Crippen LogP contribution in [0.1, 0.15) is 17.3 Å². The quantitative estimate of drug-likeness (QED) is 0.739. The Bertz CT molecular complexity index is 737. The van der Waals surface area contributed by atoms with Crippen molar-refractivity contribution in [2.24, 2.45) is 0 Å². The lowest BCUT2D eigenvalue weighted by Crippen LogP contribution is -2.16. The van der Waals surface area contributed by atoms with Crippen molar-refractivity contribution in [1.29, 1.82) is 0 Å². The van der Waals surface area contributed by atoms with Gasteiger partial charge in [-0.3, -0.25) is 9.82 Å². The zero-order valence-electron chi connectivity index (χ0n) is 11.0. The zero-order valence-corrected chi connectivity index (χ0v) is 11.8. The number of nitrogens with zero attached hydrogens (tertiary/aromatic N) is 1. The third-order valence-corrected chi connectivity index (χ3v) is 3.87. The predicted molar refractivity (Wildman–Crippen MR) is 74.0 cm³/mol. The first-order chi connectivity index (χ1) is 9.94. The smallest absolute Gasteiger partial charge is 0.340 e. The largest absolute Gasteiger partial charge is 0.494 e. The normalized spacial score (nSPS) is 11.1. The van der Waals surface area contributed by atoms with Crippen LogP contribution in [-0.2, 0) is 10.0 Å². The molecule has 0 spiro atoms. The lowest BCUT2D eigenvalue weighted by Gasteiger charge is -2.08. The Morgan fingerprint density at radius 1 is 1.38 bits per heavy atom. The summed E-state index contributed by atoms with van der Waals surface area (Å²) >= 11 is 0. The van der Waals surface area contributed by atoms with Gasteiger partial charge in [-0.05, 0) is 31.2 Å². The van der Waals surface area contributed by atoms with Gasteiger partial charge in [0.1, 0.15) is 11.3 Å². The highest BCUT2D eigenvalue weighted by Crippen LogP contribution is 2.20. The number of aromatic amines is 1. The molecule has 0 unspecified atom stereocenters. The minimum absolute atomic E-state index is 0.282. The molecule has 3 N–H and O–H groups in total. The molecule has 0 bridgehead atoms. The Morgan fingerprint density at radius 2 is 2.05 bits per heavy atom. The molecule has 0 aliphatic carbocycles. The number of hydrogen-bond acceptors (Lipinski definition) is 5. The number of carboxylic acid groups (broad SMARTS) is 1. The van der Waals surface area contributed by atoms with Crippen LogP contribution in [0.15, 0.2) is 35.5 Å². The van der Waals surface area contributed by atoms with E-state index < -0.39 is 26.6 Å². The first-order valence-corrected chi connectivity index (χ1v) is 7.44. The second kappa shape index (κ2) is 5.83. The highest BCUT2D eigenvalue weighted by molar-refractivity contribution is 7.92. The highest BCUT2D eigenvalue weighted by Gasteiger charge is 2.24. The number of carboxylic acids is 1. The van der Waals surface area contributed by atoms with Crippen molar-refractivity contribution in [3.63, 3.8) is 0 Å². The standard InChI is InChI=1S/C12H13N3O5S/c1-2-20-9-5-3-8(4-6-9)15-21(18,19)11-10(12(16)17)7-13-14-11/h3-7,15H,2H2,1H3,(H,13,14)(H,16,17). The SMILES string of the molecule is CCOc1ccc(NS(=O)(=O)c2[nH]ncc2C(=O)O)cc1. The maximum Gasteiger partial charge on any atom is 0.340 e. The molecule has 0 saturated heterocycles. The lowest BCUT2D eigenvalue weighted by molar-refractivity contribution is 0.0692. The molecule has 0 fully saturated rings. The molecule has 1 aromatic carbocycles. The third-order valence-electron chi connectivity index (χ3n) is 2.52. The average molecular weight is 311 g/mol. The van der Waals surface area contributed by atoms with Crippen molar-refractivity contribution in [3.05, 3.63) is 36.0 Å². The zero-order chi connectivity index (χ0) is 15.5. The molecule has 2 rings (SSSR count). The van der Waals surface area contributed by atoms with E-state index in [9.17, 15) is 13.2 Å². The van der Waals surface area contributed by atoms with Crippen LogP contribution in [0.4, 0.5) is 5.69 Å². The third kappa shape index (κ3) is 3.31. The maximum absolute atomic E-state index is 12.1. The number of hydrogen-bond donors (Lipinski definition) is 3. The van der Waals surface area contributed by atoms with Gasteiger partial charge in [0, 0.05) is 5.69 Å². The Kier molecular flexibility index (Phi) is 4.13. The minimum Gasteiger partial charge on any atom is -0.494 e. The van der Waals surface area contributed by atoms with Gasteiger partial charge in [-0.25, -0.2) is 4.79 Å². The summed E-state index contributed by atoms with van der Waals surface area (Å²) in [6, 6.07) is 6.23. The summed E-state index contributed by atoms with van der Waals surface area (Å²) in [4.78, 5) is 10.9. The number of ether oxygens (including phenoxy) is 1. The van der Waals surface area contributed by atoms with Gasteiger partial charge >= 0.3 is 5.97 Å². The van der Waals surface area contributed by atoms with Gasteiger partial charge in [0.25, 0.3) is 10.0 Å². The van der Waals surface area contributed by atoms with Crippen LogP contribution < -0.4 is 9.46 Å². The summed E-state index contributed by atoms with van der Waals surface area (Å²) in [5.41, 5.74) is -0.141. The van der Waals surface area contributed by atoms with Crippen molar-refractivity contribution < 1.29 is 23.1 Å². The van der Waals surface area contributed by atoms with E-state index in [1.54, 1.807) is 12.1 Å². The van der Waals surface area contributed by atoms with Gasteiger partial charge in [-0.1, -0.05) is 0 Å². The van der Waals surface area contributed by atoms with Crippen LogP contribution in [0.25, 0.3) is 0 Å². The summed E-state index contributed by atoms with van der Waals surface area (Å²) in [6.45, 7) is 2.34. The van der Waals surface area contributed by atoms with E-state index >= 15 is 0 Å². The summed E-state index contributed by atoms with van der Waals surface area (Å²) in [5.74, 6) is -0.774. The topological polar surface area (TPSA) is 121 Å². The molecular weight excluding hydrogens is 298 g/mol. The first kappa shape index (κ1) is 14.9. The molecule has 21 heavy (non-hydrogen) atoms. The molecule has 0 aliphatic rings. The molecule has 112 valence electrons. The van der Waals surface area contributed by atoms with Crippen molar-refractivity contribution in [2.45, 2.75) is 11.9 Å². The Hall–Kier alpha value is -2.55. The molecule has 0 atom stereocenters. The van der Waals surface area contributed by atoms with Crippen LogP contribution in [0.5, 0.6) is 5.75 Å². The number of anilines is 1. The molecule has 0 amide bonds. The maximum atomic E-state index is 12.1. The minimum atomic E-state index is -4.06. The van der Waals surface area contributed by atoms with Crippen molar-refractivity contribution in [3.8, 4) is 5.75 Å². The van der Waals surface area contributed by atoms with Crippen molar-refractivity contribution >= 4 is 21.7 Å². The summed E-state index contributed by atoms with van der Waals surface area (Å²) in [7, 11) is -4.06. The molecule has 1 aromatic heterocycles. The molecular formula is C12H13N3O5S. The second-order valence-electron chi connectivity index (χ2n) is 3.98. The molecule has 0 aliphatic heterocycles. The van der Waals surface area contributed by atoms with Gasteiger partial charge < -0.3 is 9.84 Å². The molecule has 1 heterocycles. The fraction of sp³-hybridized carbons (Fsp3) is 0.167. The van der Waals surface area contributed by atoms with Crippen LogP contribution in [-0.4, -0.2) is 36.3 Å². The van der Waals surface area contributed by atoms with E-state index in [1.807, 2.05) is 6.92 Å². The number of carbonyl (C=O) groups is 1. The van der Waals surface area contributed by atoms with E-state index in [-0.39, 0.29) is 5.69 Å². The number of sulfonamides is 1. The number of aromatic nitrogens is 2. The van der Waals surface area contributed by atoms with E-state index in [4.69, 9.17) is 9.84 Å². The molecule has 9 heteroatoms. The van der Waals surface area contributed by atoms with E-state index in [0.29, 0.717) is 12.4 Å². The fourth-order valence-electron chi connectivity index (χ4n) is 1.62. The first-order valence-electron chi connectivity index (χ1n) is 5.96. The molecule has 8 nitrogen and oxygen atoms in total. The van der Waals surface area contributed by atoms with E-state index in [2.05, 4.69) is 14.9 Å². The number of rotatable bonds is 6. The number of aromatic carboxylic acids is 1. The Balaban J connectivity index is 2.25. The summed E-state index contributed by atoms with van der Waals surface area (Å²) < 4.78 is 31.8. The van der Waals surface area contributed by atoms with Gasteiger partial charge in [0.15, 0.2) is 5.03 Å². The fourth-order valence-corrected chi connectivity index (χ4v) is 2.77. The van der Waals surface area contributed by atoms with Gasteiger partial charge in [-0.2, -0.15) is 13.5 Å². The second-order valence-corrected chi connectivity index (χ2v) is 5.60. The Morgan fingerprint density at radius 3 is 2.62 bits per heavy atom. The molecule has 0 radical (unpaired) electrons. The van der Waals surface area contributed by atoms with Crippen LogP contribution in [0.2, 0.25) is 0 Å². The lowest BCUT2D eigenvalue weighted by atomic mass is 10.3. The summed E-state index contributed by atoms with van der Waals surface area (Å²) in [5, 5.41) is 14.0. The number of benzene rings is 1. The number of H-pyrrole nitrogens is 1. The molecule has 0 saturated carbocycles. The van der Waals surface area contributed by atoms with E-state index in [0.717, 1.165) is 6.20 Å².